The monoisotopic (exact) mass is 387 g/mol. The minimum absolute atomic E-state index is 0.467. The van der Waals surface area contributed by atoms with Crippen molar-refractivity contribution in [3.05, 3.63) is 16.6 Å². The van der Waals surface area contributed by atoms with E-state index in [9.17, 15) is 4.79 Å². The quantitative estimate of drug-likeness (QED) is 0.772. The van der Waals surface area contributed by atoms with Crippen LogP contribution in [0.3, 0.4) is 0 Å². The van der Waals surface area contributed by atoms with E-state index in [1.807, 2.05) is 5.51 Å². The Hall–Kier alpha value is -0.940. The zero-order valence-corrected chi connectivity index (χ0v) is 17.2. The molecule has 0 radical (unpaired) electrons. The van der Waals surface area contributed by atoms with Gasteiger partial charge in [0.2, 0.25) is 5.91 Å². The number of piperidine rings is 3. The van der Waals surface area contributed by atoms with Gasteiger partial charge in [0, 0.05) is 43.5 Å². The first-order valence-corrected chi connectivity index (χ1v) is 12.1. The Balaban J connectivity index is 1.36. The standard InChI is InChI=1S/C22H33N3OS/c26-22-8-4-7-20-17-10-18(12-24(11-17)13-19-14-27-15-23-19)21(25(20)22)9-16-5-2-1-3-6-16/h14-18,20-21H,1-13H2/t17-,18+,20+,21+/m1/s1. The largest absolute Gasteiger partial charge is 0.336 e. The molecule has 1 aromatic heterocycles. The number of rotatable bonds is 4. The summed E-state index contributed by atoms with van der Waals surface area (Å²) in [5.41, 5.74) is 3.17. The number of carbonyl (C=O) groups is 1. The lowest BCUT2D eigenvalue weighted by molar-refractivity contribution is -0.154. The average Bonchev–Trinajstić information content (AvgIpc) is 3.19. The van der Waals surface area contributed by atoms with Gasteiger partial charge in [-0.05, 0) is 43.4 Å². The van der Waals surface area contributed by atoms with Crippen molar-refractivity contribution in [2.45, 2.75) is 82.8 Å². The highest BCUT2D eigenvalue weighted by atomic mass is 32.1. The highest BCUT2D eigenvalue weighted by molar-refractivity contribution is 7.07. The van der Waals surface area contributed by atoms with E-state index in [1.165, 1.54) is 57.1 Å². The number of likely N-dealkylation sites (tertiary alicyclic amines) is 1. The highest BCUT2D eigenvalue weighted by Crippen LogP contribution is 2.44. The molecule has 148 valence electrons. The van der Waals surface area contributed by atoms with Gasteiger partial charge in [0.25, 0.3) is 0 Å². The van der Waals surface area contributed by atoms with E-state index < -0.39 is 0 Å². The fraction of sp³-hybridized carbons (Fsp3) is 0.818. The predicted molar refractivity (Wildman–Crippen MR) is 108 cm³/mol. The second-order valence-electron chi connectivity index (χ2n) is 9.50. The molecule has 0 spiro atoms. The molecule has 0 aromatic carbocycles. The van der Waals surface area contributed by atoms with Crippen molar-refractivity contribution in [1.29, 1.82) is 0 Å². The molecular formula is C22H33N3OS. The SMILES string of the molecule is O=C1CCC[C@H]2[C@@H]3C[C@@H](CN(Cc4cscn4)C3)[C@H](CC3CCCCC3)N12. The van der Waals surface area contributed by atoms with Crippen molar-refractivity contribution in [1.82, 2.24) is 14.8 Å². The molecule has 1 amide bonds. The normalized spacial score (nSPS) is 35.3. The third-order valence-electron chi connectivity index (χ3n) is 7.74. The van der Waals surface area contributed by atoms with Crippen molar-refractivity contribution < 1.29 is 4.79 Å². The summed E-state index contributed by atoms with van der Waals surface area (Å²) in [6.07, 6.45) is 12.7. The van der Waals surface area contributed by atoms with E-state index in [1.54, 1.807) is 11.3 Å². The average molecular weight is 388 g/mol. The van der Waals surface area contributed by atoms with Crippen LogP contribution in [0.4, 0.5) is 0 Å². The molecule has 0 unspecified atom stereocenters. The van der Waals surface area contributed by atoms with E-state index >= 15 is 0 Å². The van der Waals surface area contributed by atoms with E-state index in [0.717, 1.165) is 38.4 Å². The second kappa shape index (κ2) is 7.82. The maximum absolute atomic E-state index is 13.0. The lowest BCUT2D eigenvalue weighted by atomic mass is 9.69. The van der Waals surface area contributed by atoms with Crippen LogP contribution in [-0.4, -0.2) is 45.9 Å². The fourth-order valence-electron chi connectivity index (χ4n) is 6.61. The Morgan fingerprint density at radius 2 is 1.93 bits per heavy atom. The summed E-state index contributed by atoms with van der Waals surface area (Å²) >= 11 is 1.70. The van der Waals surface area contributed by atoms with Crippen molar-refractivity contribution in [2.75, 3.05) is 13.1 Å². The molecule has 1 aromatic rings. The van der Waals surface area contributed by atoms with E-state index in [0.29, 0.717) is 29.8 Å². The number of aromatic nitrogens is 1. The molecule has 0 N–H and O–H groups in total. The molecule has 4 nitrogen and oxygen atoms in total. The molecule has 2 bridgehead atoms. The first kappa shape index (κ1) is 18.1. The first-order chi connectivity index (χ1) is 13.3. The van der Waals surface area contributed by atoms with Crippen LogP contribution < -0.4 is 0 Å². The van der Waals surface area contributed by atoms with Gasteiger partial charge in [-0.3, -0.25) is 9.69 Å². The lowest BCUT2D eigenvalue weighted by Gasteiger charge is -2.57. The van der Waals surface area contributed by atoms with Gasteiger partial charge in [0.05, 0.1) is 11.2 Å². The molecule has 4 atom stereocenters. The Morgan fingerprint density at radius 1 is 1.07 bits per heavy atom. The maximum Gasteiger partial charge on any atom is 0.223 e. The molecule has 5 rings (SSSR count). The highest BCUT2D eigenvalue weighted by Gasteiger charge is 2.49. The lowest BCUT2D eigenvalue weighted by Crippen LogP contribution is -2.65. The topological polar surface area (TPSA) is 36.4 Å². The Labute approximate surface area is 167 Å². The summed E-state index contributed by atoms with van der Waals surface area (Å²) in [4.78, 5) is 22.6. The summed E-state index contributed by atoms with van der Waals surface area (Å²) in [7, 11) is 0. The zero-order chi connectivity index (χ0) is 18.2. The van der Waals surface area contributed by atoms with Crippen LogP contribution in [-0.2, 0) is 11.3 Å². The van der Waals surface area contributed by atoms with Crippen LogP contribution in [0.1, 0.15) is 69.9 Å². The Bertz CT molecular complexity index is 642. The van der Waals surface area contributed by atoms with Gasteiger partial charge in [0.15, 0.2) is 0 Å². The molecule has 27 heavy (non-hydrogen) atoms. The first-order valence-electron chi connectivity index (χ1n) is 11.2. The zero-order valence-electron chi connectivity index (χ0n) is 16.4. The molecular weight excluding hydrogens is 354 g/mol. The van der Waals surface area contributed by atoms with Gasteiger partial charge in [-0.15, -0.1) is 11.3 Å². The Morgan fingerprint density at radius 3 is 2.74 bits per heavy atom. The van der Waals surface area contributed by atoms with E-state index in [4.69, 9.17) is 0 Å². The van der Waals surface area contributed by atoms with Gasteiger partial charge in [0.1, 0.15) is 0 Å². The third-order valence-corrected chi connectivity index (χ3v) is 8.38. The predicted octanol–water partition coefficient (Wildman–Crippen LogP) is 4.31. The third kappa shape index (κ3) is 3.69. The number of amides is 1. The number of hydrogen-bond donors (Lipinski definition) is 0. The Kier molecular flexibility index (Phi) is 5.25. The molecule has 4 aliphatic rings. The van der Waals surface area contributed by atoms with Crippen LogP contribution in [0, 0.1) is 17.8 Å². The van der Waals surface area contributed by atoms with Gasteiger partial charge in [-0.2, -0.15) is 0 Å². The maximum atomic E-state index is 13.0. The second-order valence-corrected chi connectivity index (χ2v) is 10.2. The number of nitrogens with zero attached hydrogens (tertiary/aromatic N) is 3. The molecule has 1 saturated carbocycles. The van der Waals surface area contributed by atoms with Crippen LogP contribution >= 0.6 is 11.3 Å². The van der Waals surface area contributed by atoms with Crippen molar-refractivity contribution in [3.63, 3.8) is 0 Å². The van der Waals surface area contributed by atoms with Crippen molar-refractivity contribution in [3.8, 4) is 0 Å². The van der Waals surface area contributed by atoms with Gasteiger partial charge in [-0.1, -0.05) is 32.1 Å². The number of fused-ring (bicyclic) bond motifs is 4. The molecule has 4 heterocycles. The molecule has 1 aliphatic carbocycles. The summed E-state index contributed by atoms with van der Waals surface area (Å²) < 4.78 is 0. The number of thiazole rings is 1. The van der Waals surface area contributed by atoms with Crippen molar-refractivity contribution in [2.24, 2.45) is 17.8 Å². The van der Waals surface area contributed by atoms with Gasteiger partial charge in [-0.25, -0.2) is 4.98 Å². The summed E-state index contributed by atoms with van der Waals surface area (Å²) in [6.45, 7) is 3.30. The molecule has 4 fully saturated rings. The van der Waals surface area contributed by atoms with Gasteiger partial charge < -0.3 is 4.90 Å². The smallest absolute Gasteiger partial charge is 0.223 e. The summed E-state index contributed by atoms with van der Waals surface area (Å²) in [5, 5.41) is 2.19. The van der Waals surface area contributed by atoms with E-state index in [2.05, 4.69) is 20.2 Å². The van der Waals surface area contributed by atoms with Crippen LogP contribution in [0.2, 0.25) is 0 Å². The molecule has 3 saturated heterocycles. The van der Waals surface area contributed by atoms with Crippen LogP contribution in [0.15, 0.2) is 10.9 Å². The minimum atomic E-state index is 0.467. The summed E-state index contributed by atoms with van der Waals surface area (Å²) in [6, 6.07) is 1.01. The van der Waals surface area contributed by atoms with Crippen LogP contribution in [0.5, 0.6) is 0 Å². The number of hydrogen-bond acceptors (Lipinski definition) is 4. The summed E-state index contributed by atoms with van der Waals surface area (Å²) in [5.74, 6) is 2.66. The number of carbonyl (C=O) groups excluding carboxylic acids is 1. The van der Waals surface area contributed by atoms with Crippen molar-refractivity contribution >= 4 is 17.2 Å². The minimum Gasteiger partial charge on any atom is -0.336 e. The molecule has 5 heteroatoms. The van der Waals surface area contributed by atoms with Gasteiger partial charge >= 0.3 is 0 Å². The molecule has 3 aliphatic heterocycles. The van der Waals surface area contributed by atoms with Crippen LogP contribution in [0.25, 0.3) is 0 Å². The fourth-order valence-corrected chi connectivity index (χ4v) is 7.16. The van der Waals surface area contributed by atoms with E-state index in [-0.39, 0.29) is 0 Å².